The van der Waals surface area contributed by atoms with Crippen molar-refractivity contribution >= 4 is 6.29 Å². The number of aliphatic hydroxyl groups is 1. The van der Waals surface area contributed by atoms with Gasteiger partial charge in [-0.3, -0.25) is 4.79 Å². The number of carbonyl (C=O) groups excluding carboxylic acids is 1. The van der Waals surface area contributed by atoms with Crippen molar-refractivity contribution in [3.05, 3.63) is 150 Å². The lowest BCUT2D eigenvalue weighted by Crippen LogP contribution is -2.39. The van der Waals surface area contributed by atoms with E-state index in [1.807, 2.05) is 78.9 Å². The Bertz CT molecular complexity index is 1390. The molecule has 5 rings (SSSR count). The average molecular weight is 487 g/mol. The van der Waals surface area contributed by atoms with Crippen LogP contribution in [0.15, 0.2) is 127 Å². The number of aldehydes is 1. The van der Waals surface area contributed by atoms with Crippen LogP contribution in [0.3, 0.4) is 0 Å². The van der Waals surface area contributed by atoms with E-state index in [-0.39, 0.29) is 0 Å². The number of tetrazole rings is 1. The molecule has 0 saturated heterocycles. The zero-order valence-electron chi connectivity index (χ0n) is 20.1. The van der Waals surface area contributed by atoms with Gasteiger partial charge in [0.1, 0.15) is 6.29 Å². The van der Waals surface area contributed by atoms with Crippen molar-refractivity contribution < 1.29 is 9.90 Å². The molecule has 6 heteroatoms. The van der Waals surface area contributed by atoms with Crippen molar-refractivity contribution in [1.29, 1.82) is 0 Å². The largest absolute Gasteiger partial charge is 0.388 e. The summed E-state index contributed by atoms with van der Waals surface area (Å²) in [5.74, 6) is 0.449. The number of carbonyl (C=O) groups is 1. The highest BCUT2D eigenvalue weighted by molar-refractivity contribution is 5.64. The van der Waals surface area contributed by atoms with Gasteiger partial charge in [-0.2, -0.15) is 0 Å². The van der Waals surface area contributed by atoms with E-state index in [1.165, 1.54) is 6.08 Å². The van der Waals surface area contributed by atoms with Crippen molar-refractivity contribution in [2.24, 2.45) is 0 Å². The van der Waals surface area contributed by atoms with Crippen molar-refractivity contribution in [3.63, 3.8) is 0 Å². The number of rotatable bonds is 9. The van der Waals surface area contributed by atoms with Crippen LogP contribution in [-0.4, -0.2) is 31.6 Å². The van der Waals surface area contributed by atoms with Crippen LogP contribution in [0.1, 0.15) is 34.8 Å². The van der Waals surface area contributed by atoms with Crippen LogP contribution in [0.2, 0.25) is 0 Å². The summed E-state index contributed by atoms with van der Waals surface area (Å²) >= 11 is 0. The highest BCUT2D eigenvalue weighted by Crippen LogP contribution is 2.39. The molecule has 1 N–H and O–H groups in total. The zero-order chi connectivity index (χ0) is 25.5. The highest BCUT2D eigenvalue weighted by atomic mass is 16.3. The van der Waals surface area contributed by atoms with Crippen LogP contribution in [0.25, 0.3) is 11.4 Å². The number of aromatic nitrogens is 4. The Morgan fingerprint density at radius 2 is 1.35 bits per heavy atom. The fraction of sp³-hybridized carbons (Fsp3) is 0.0968. The molecule has 0 fully saturated rings. The summed E-state index contributed by atoms with van der Waals surface area (Å²) in [5, 5.41) is 24.5. The second-order valence-corrected chi connectivity index (χ2v) is 8.65. The summed E-state index contributed by atoms with van der Waals surface area (Å²) in [6.07, 6.45) is 3.32. The van der Waals surface area contributed by atoms with Gasteiger partial charge in [0, 0.05) is 5.56 Å². The lowest BCUT2D eigenvalue weighted by atomic mass is 9.77. The summed E-state index contributed by atoms with van der Waals surface area (Å²) in [6, 6.07) is 38.0. The number of benzene rings is 4. The van der Waals surface area contributed by atoms with E-state index in [9.17, 15) is 9.90 Å². The first-order valence-corrected chi connectivity index (χ1v) is 12.1. The molecule has 0 aliphatic rings. The molecule has 37 heavy (non-hydrogen) atoms. The van der Waals surface area contributed by atoms with Crippen molar-refractivity contribution in [2.75, 3.05) is 0 Å². The summed E-state index contributed by atoms with van der Waals surface area (Å²) in [5.41, 5.74) is 3.61. The van der Waals surface area contributed by atoms with Gasteiger partial charge < -0.3 is 5.11 Å². The maximum absolute atomic E-state index is 10.6. The third-order valence-corrected chi connectivity index (χ3v) is 6.39. The molecule has 5 aromatic rings. The molecule has 0 saturated carbocycles. The van der Waals surface area contributed by atoms with Crippen molar-refractivity contribution in [1.82, 2.24) is 20.2 Å². The summed E-state index contributed by atoms with van der Waals surface area (Å²) in [4.78, 5) is 12.2. The molecule has 182 valence electrons. The van der Waals surface area contributed by atoms with Gasteiger partial charge in [-0.1, -0.05) is 115 Å². The van der Waals surface area contributed by atoms with Crippen LogP contribution in [-0.2, 0) is 10.3 Å². The minimum Gasteiger partial charge on any atom is -0.388 e. The quantitative estimate of drug-likeness (QED) is 0.172. The molecule has 0 amide bonds. The molecule has 1 atom stereocenters. The van der Waals surface area contributed by atoms with E-state index < -0.39 is 11.6 Å². The molecule has 1 unspecified atom stereocenters. The normalized spacial score (nSPS) is 12.5. The molecular weight excluding hydrogens is 460 g/mol. The molecule has 0 aliphatic heterocycles. The van der Waals surface area contributed by atoms with Crippen LogP contribution in [0, 0.1) is 0 Å². The molecule has 4 aromatic carbocycles. The fourth-order valence-electron chi connectivity index (χ4n) is 4.64. The number of hydrogen-bond donors (Lipinski definition) is 1. The molecule has 6 nitrogen and oxygen atoms in total. The van der Waals surface area contributed by atoms with E-state index >= 15 is 0 Å². The second kappa shape index (κ2) is 10.9. The van der Waals surface area contributed by atoms with E-state index in [0.717, 1.165) is 22.3 Å². The van der Waals surface area contributed by atoms with E-state index in [1.54, 1.807) is 10.9 Å². The smallest absolute Gasteiger partial charge is 0.204 e. The average Bonchev–Trinajstić information content (AvgIpc) is 3.46. The van der Waals surface area contributed by atoms with Gasteiger partial charge in [0.15, 0.2) is 5.54 Å². The predicted octanol–water partition coefficient (Wildman–Crippen LogP) is 5.36. The van der Waals surface area contributed by atoms with Gasteiger partial charge in [0.25, 0.3) is 0 Å². The topological polar surface area (TPSA) is 80.9 Å². The highest BCUT2D eigenvalue weighted by Gasteiger charge is 2.41. The summed E-state index contributed by atoms with van der Waals surface area (Å²) in [6.45, 7) is 0. The minimum absolute atomic E-state index is 0.335. The number of allylic oxidation sites excluding steroid dienone is 1. The Morgan fingerprint density at radius 3 is 1.89 bits per heavy atom. The number of hydrogen-bond acceptors (Lipinski definition) is 5. The van der Waals surface area contributed by atoms with E-state index in [4.69, 9.17) is 5.10 Å². The summed E-state index contributed by atoms with van der Waals surface area (Å²) < 4.78 is 0. The SMILES string of the molecule is O=CC=CCC(O)c1cccc(-c2nnn(C(c3ccccc3)(c3ccccc3)c3ccccc3)n2)c1. The second-order valence-electron chi connectivity index (χ2n) is 8.65. The maximum atomic E-state index is 10.6. The molecular formula is C31H26N4O2. The molecule has 0 spiro atoms. The third-order valence-electron chi connectivity index (χ3n) is 6.39. The standard InChI is InChI=1S/C31H26N4O2/c36-22-11-10-21-29(37)24-13-12-14-25(23-24)30-32-34-35(33-30)31(26-15-4-1-5-16-26,27-17-6-2-7-18-27)28-19-8-3-9-20-28/h1-20,22-23,29,37H,21H2. The Labute approximate surface area is 215 Å². The first-order chi connectivity index (χ1) is 18.2. The van der Waals surface area contributed by atoms with Gasteiger partial charge in [0.2, 0.25) is 5.82 Å². The van der Waals surface area contributed by atoms with E-state index in [2.05, 4.69) is 46.7 Å². The molecule has 1 aromatic heterocycles. The van der Waals surface area contributed by atoms with Crippen molar-refractivity contribution in [3.8, 4) is 11.4 Å². The first kappa shape index (κ1) is 24.0. The zero-order valence-corrected chi connectivity index (χ0v) is 20.1. The minimum atomic E-state index is -0.855. The number of aliphatic hydroxyl groups excluding tert-OH is 1. The van der Waals surface area contributed by atoms with Gasteiger partial charge in [0.05, 0.1) is 6.10 Å². The Hall–Kier alpha value is -4.68. The Kier molecular flexibility index (Phi) is 7.10. The third kappa shape index (κ3) is 4.75. The van der Waals surface area contributed by atoms with Gasteiger partial charge in [-0.25, -0.2) is 0 Å². The first-order valence-electron chi connectivity index (χ1n) is 12.1. The molecule has 0 aliphatic carbocycles. The Morgan fingerprint density at radius 1 is 0.784 bits per heavy atom. The van der Waals surface area contributed by atoms with Gasteiger partial charge >= 0.3 is 0 Å². The van der Waals surface area contributed by atoms with Gasteiger partial charge in [-0.15, -0.1) is 15.0 Å². The lowest BCUT2D eigenvalue weighted by Gasteiger charge is -2.34. The maximum Gasteiger partial charge on any atom is 0.204 e. The van der Waals surface area contributed by atoms with E-state index in [0.29, 0.717) is 24.1 Å². The predicted molar refractivity (Wildman–Crippen MR) is 143 cm³/mol. The summed E-state index contributed by atoms with van der Waals surface area (Å²) in [7, 11) is 0. The monoisotopic (exact) mass is 486 g/mol. The lowest BCUT2D eigenvalue weighted by molar-refractivity contribution is -0.104. The molecule has 1 heterocycles. The van der Waals surface area contributed by atoms with Crippen LogP contribution in [0.4, 0.5) is 0 Å². The molecule has 0 bridgehead atoms. The van der Waals surface area contributed by atoms with Crippen LogP contribution >= 0.6 is 0 Å². The van der Waals surface area contributed by atoms with Gasteiger partial charge in [-0.05, 0) is 46.0 Å². The fourth-order valence-corrected chi connectivity index (χ4v) is 4.64. The van der Waals surface area contributed by atoms with Crippen LogP contribution < -0.4 is 0 Å². The number of nitrogens with zero attached hydrogens (tertiary/aromatic N) is 4. The molecule has 0 radical (unpaired) electrons. The van der Waals surface area contributed by atoms with Crippen LogP contribution in [0.5, 0.6) is 0 Å². The Balaban J connectivity index is 1.65. The van der Waals surface area contributed by atoms with Crippen molar-refractivity contribution in [2.45, 2.75) is 18.1 Å².